The van der Waals surface area contributed by atoms with Crippen LogP contribution in [0.2, 0.25) is 0 Å². The molecule has 0 bridgehead atoms. The highest BCUT2D eigenvalue weighted by molar-refractivity contribution is 5.37. The molecule has 0 saturated carbocycles. The molecule has 1 atom stereocenters. The topological polar surface area (TPSA) is 21.3 Å². The second-order valence-electron chi connectivity index (χ2n) is 4.89. The summed E-state index contributed by atoms with van der Waals surface area (Å²) >= 11 is 0. The van der Waals surface area contributed by atoms with Crippen LogP contribution in [0, 0.1) is 0 Å². The standard InChI is InChI=1S/C16H23NO/c1-2-3-4-5-8-11-17-13-15-12-14-9-6-7-10-16(14)18-15/h2,6-7,9-10,15,17H,1,3-5,8,11-13H2. The molecule has 2 heteroatoms. The van der Waals surface area contributed by atoms with E-state index in [1.54, 1.807) is 0 Å². The average Bonchev–Trinajstić information content (AvgIpc) is 2.80. The maximum absolute atomic E-state index is 5.88. The van der Waals surface area contributed by atoms with Gasteiger partial charge in [-0.05, 0) is 37.4 Å². The van der Waals surface area contributed by atoms with Gasteiger partial charge in [0.25, 0.3) is 0 Å². The lowest BCUT2D eigenvalue weighted by molar-refractivity contribution is 0.227. The second-order valence-corrected chi connectivity index (χ2v) is 4.89. The molecule has 2 nitrogen and oxygen atoms in total. The summed E-state index contributed by atoms with van der Waals surface area (Å²) in [5, 5.41) is 3.49. The summed E-state index contributed by atoms with van der Waals surface area (Å²) < 4.78 is 5.88. The van der Waals surface area contributed by atoms with Crippen molar-refractivity contribution in [1.29, 1.82) is 0 Å². The van der Waals surface area contributed by atoms with Gasteiger partial charge in [0, 0.05) is 13.0 Å². The average molecular weight is 245 g/mol. The molecule has 1 aromatic carbocycles. The highest BCUT2D eigenvalue weighted by Crippen LogP contribution is 2.27. The van der Waals surface area contributed by atoms with Gasteiger partial charge in [0.05, 0.1) is 0 Å². The van der Waals surface area contributed by atoms with E-state index < -0.39 is 0 Å². The first-order chi connectivity index (χ1) is 8.90. The van der Waals surface area contributed by atoms with Gasteiger partial charge in [0.15, 0.2) is 0 Å². The smallest absolute Gasteiger partial charge is 0.123 e. The highest BCUT2D eigenvalue weighted by Gasteiger charge is 2.21. The minimum absolute atomic E-state index is 0.315. The molecular weight excluding hydrogens is 222 g/mol. The monoisotopic (exact) mass is 245 g/mol. The molecule has 1 aliphatic heterocycles. The molecule has 1 unspecified atom stereocenters. The van der Waals surface area contributed by atoms with Crippen molar-refractivity contribution in [2.75, 3.05) is 13.1 Å². The van der Waals surface area contributed by atoms with Crippen molar-refractivity contribution >= 4 is 0 Å². The third kappa shape index (κ3) is 3.88. The molecule has 1 N–H and O–H groups in total. The van der Waals surface area contributed by atoms with Crippen LogP contribution in [0.15, 0.2) is 36.9 Å². The summed E-state index contributed by atoms with van der Waals surface area (Å²) in [6.07, 6.45) is 8.28. The fraction of sp³-hybridized carbons (Fsp3) is 0.500. The van der Waals surface area contributed by atoms with E-state index in [-0.39, 0.29) is 0 Å². The van der Waals surface area contributed by atoms with Crippen LogP contribution in [-0.2, 0) is 6.42 Å². The van der Waals surface area contributed by atoms with E-state index in [1.165, 1.54) is 24.8 Å². The number of fused-ring (bicyclic) bond motifs is 1. The number of benzene rings is 1. The Morgan fingerprint density at radius 2 is 2.17 bits per heavy atom. The van der Waals surface area contributed by atoms with Crippen molar-refractivity contribution in [3.8, 4) is 5.75 Å². The quantitative estimate of drug-likeness (QED) is 0.560. The van der Waals surface area contributed by atoms with Gasteiger partial charge < -0.3 is 10.1 Å². The van der Waals surface area contributed by atoms with Gasteiger partial charge in [-0.1, -0.05) is 30.7 Å². The summed E-state index contributed by atoms with van der Waals surface area (Å²) in [4.78, 5) is 0. The molecule has 18 heavy (non-hydrogen) atoms. The molecule has 0 fully saturated rings. The van der Waals surface area contributed by atoms with Gasteiger partial charge in [0.2, 0.25) is 0 Å². The summed E-state index contributed by atoms with van der Waals surface area (Å²) in [7, 11) is 0. The first-order valence-corrected chi connectivity index (χ1v) is 6.96. The van der Waals surface area contributed by atoms with Gasteiger partial charge in [-0.2, -0.15) is 0 Å². The number of para-hydroxylation sites is 1. The fourth-order valence-electron chi connectivity index (χ4n) is 2.35. The Bertz CT molecular complexity index is 350. The zero-order valence-corrected chi connectivity index (χ0v) is 11.0. The van der Waals surface area contributed by atoms with Crippen LogP contribution in [0.3, 0.4) is 0 Å². The lowest BCUT2D eigenvalue weighted by Gasteiger charge is -2.11. The number of rotatable bonds is 8. The Hall–Kier alpha value is -1.28. The predicted molar refractivity (Wildman–Crippen MR) is 76.1 cm³/mol. The molecule has 98 valence electrons. The first kappa shape index (κ1) is 13.2. The number of nitrogens with one attached hydrogen (secondary N) is 1. The Morgan fingerprint density at radius 1 is 1.28 bits per heavy atom. The third-order valence-corrected chi connectivity index (χ3v) is 3.35. The van der Waals surface area contributed by atoms with Gasteiger partial charge in [-0.15, -0.1) is 6.58 Å². The predicted octanol–water partition coefficient (Wildman–Crippen LogP) is 3.33. The summed E-state index contributed by atoms with van der Waals surface area (Å²) in [5.41, 5.74) is 1.34. The summed E-state index contributed by atoms with van der Waals surface area (Å²) in [6.45, 7) is 5.78. The third-order valence-electron chi connectivity index (χ3n) is 3.35. The van der Waals surface area contributed by atoms with Crippen molar-refractivity contribution in [3.63, 3.8) is 0 Å². The van der Waals surface area contributed by atoms with Crippen molar-refractivity contribution in [1.82, 2.24) is 5.32 Å². The van der Waals surface area contributed by atoms with E-state index in [0.29, 0.717) is 6.10 Å². The Kier molecular flexibility index (Phi) is 5.28. The van der Waals surface area contributed by atoms with Crippen molar-refractivity contribution < 1.29 is 4.74 Å². The normalized spacial score (nSPS) is 17.2. The molecule has 0 spiro atoms. The van der Waals surface area contributed by atoms with Crippen LogP contribution >= 0.6 is 0 Å². The molecule has 0 amide bonds. The fourth-order valence-corrected chi connectivity index (χ4v) is 2.35. The minimum Gasteiger partial charge on any atom is -0.488 e. The zero-order valence-electron chi connectivity index (χ0n) is 11.0. The van der Waals surface area contributed by atoms with Crippen LogP contribution in [0.25, 0.3) is 0 Å². The first-order valence-electron chi connectivity index (χ1n) is 6.96. The van der Waals surface area contributed by atoms with Gasteiger partial charge in [-0.25, -0.2) is 0 Å². The molecule has 0 aromatic heterocycles. The molecule has 1 aliphatic rings. The second kappa shape index (κ2) is 7.22. The molecule has 1 aromatic rings. The van der Waals surface area contributed by atoms with E-state index in [0.717, 1.165) is 31.7 Å². The lowest BCUT2D eigenvalue weighted by atomic mass is 10.1. The molecule has 0 radical (unpaired) electrons. The summed E-state index contributed by atoms with van der Waals surface area (Å²) in [5.74, 6) is 1.07. The van der Waals surface area contributed by atoms with Crippen LogP contribution < -0.4 is 10.1 Å². The Labute approximate surface area is 110 Å². The number of hydrogen-bond donors (Lipinski definition) is 1. The molecule has 1 heterocycles. The van der Waals surface area contributed by atoms with Crippen LogP contribution in [-0.4, -0.2) is 19.2 Å². The Morgan fingerprint density at radius 3 is 3.00 bits per heavy atom. The molecule has 0 saturated heterocycles. The number of ether oxygens (including phenoxy) is 1. The van der Waals surface area contributed by atoms with Crippen molar-refractivity contribution in [2.24, 2.45) is 0 Å². The largest absolute Gasteiger partial charge is 0.488 e. The van der Waals surface area contributed by atoms with Crippen LogP contribution in [0.1, 0.15) is 31.2 Å². The van der Waals surface area contributed by atoms with E-state index >= 15 is 0 Å². The van der Waals surface area contributed by atoms with Crippen LogP contribution in [0.5, 0.6) is 5.75 Å². The lowest BCUT2D eigenvalue weighted by Crippen LogP contribution is -2.30. The summed E-state index contributed by atoms with van der Waals surface area (Å²) in [6, 6.07) is 8.33. The number of allylic oxidation sites excluding steroid dienone is 1. The maximum atomic E-state index is 5.88. The maximum Gasteiger partial charge on any atom is 0.123 e. The number of unbranched alkanes of at least 4 members (excludes halogenated alkanes) is 3. The number of hydrogen-bond acceptors (Lipinski definition) is 2. The Balaban J connectivity index is 1.55. The highest BCUT2D eigenvalue weighted by atomic mass is 16.5. The van der Waals surface area contributed by atoms with Crippen molar-refractivity contribution in [3.05, 3.63) is 42.5 Å². The SMILES string of the molecule is C=CCCCCCNCC1Cc2ccccc2O1. The molecule has 0 aliphatic carbocycles. The molecular formula is C16H23NO. The van der Waals surface area contributed by atoms with Crippen molar-refractivity contribution in [2.45, 2.75) is 38.2 Å². The van der Waals surface area contributed by atoms with E-state index in [1.807, 2.05) is 12.1 Å². The van der Waals surface area contributed by atoms with Crippen LogP contribution in [0.4, 0.5) is 0 Å². The minimum atomic E-state index is 0.315. The van der Waals surface area contributed by atoms with Gasteiger partial charge >= 0.3 is 0 Å². The van der Waals surface area contributed by atoms with Gasteiger partial charge in [-0.3, -0.25) is 0 Å². The van der Waals surface area contributed by atoms with E-state index in [9.17, 15) is 0 Å². The van der Waals surface area contributed by atoms with E-state index in [4.69, 9.17) is 4.74 Å². The van der Waals surface area contributed by atoms with Gasteiger partial charge in [0.1, 0.15) is 11.9 Å². The molecule has 2 rings (SSSR count). The zero-order chi connectivity index (χ0) is 12.6. The van der Waals surface area contributed by atoms with E-state index in [2.05, 4.69) is 30.1 Å².